The Morgan fingerprint density at radius 2 is 2.25 bits per heavy atom. The molecule has 0 saturated heterocycles. The minimum absolute atomic E-state index is 0.241. The predicted octanol–water partition coefficient (Wildman–Crippen LogP) is 1.07. The van der Waals surface area contributed by atoms with Gasteiger partial charge >= 0.3 is 5.97 Å². The topological polar surface area (TPSA) is 79.1 Å². The number of aromatic nitrogens is 4. The SMILES string of the molecule is COCCc1c(C(=O)OC)nnn1Cc1cnc(C)s1. The van der Waals surface area contributed by atoms with Crippen molar-refractivity contribution >= 4 is 17.3 Å². The average Bonchev–Trinajstić information content (AvgIpc) is 3.03. The minimum atomic E-state index is -0.483. The standard InChI is InChI=1S/C12H16N4O3S/c1-8-13-6-9(20-8)7-16-10(4-5-18-2)11(14-15-16)12(17)19-3/h6H,4-5,7H2,1-3H3. The van der Waals surface area contributed by atoms with E-state index in [1.807, 2.05) is 6.92 Å². The number of ether oxygens (including phenoxy) is 2. The van der Waals surface area contributed by atoms with Gasteiger partial charge in [0.25, 0.3) is 0 Å². The van der Waals surface area contributed by atoms with E-state index in [1.54, 1.807) is 29.3 Å². The lowest BCUT2D eigenvalue weighted by Gasteiger charge is -2.05. The largest absolute Gasteiger partial charge is 0.464 e. The first-order valence-electron chi connectivity index (χ1n) is 6.06. The molecule has 0 spiro atoms. The molecule has 0 aliphatic heterocycles. The van der Waals surface area contributed by atoms with Crippen molar-refractivity contribution in [2.75, 3.05) is 20.8 Å². The second-order valence-corrected chi connectivity index (χ2v) is 5.44. The summed E-state index contributed by atoms with van der Waals surface area (Å²) in [4.78, 5) is 16.9. The molecule has 0 aliphatic rings. The Bertz CT molecular complexity index is 593. The molecule has 2 heterocycles. The molecule has 7 nitrogen and oxygen atoms in total. The molecule has 2 rings (SSSR count). The van der Waals surface area contributed by atoms with Crippen LogP contribution in [0.5, 0.6) is 0 Å². The summed E-state index contributed by atoms with van der Waals surface area (Å²) >= 11 is 1.59. The molecule has 0 fully saturated rings. The number of carbonyl (C=O) groups is 1. The highest BCUT2D eigenvalue weighted by Crippen LogP contribution is 2.15. The first kappa shape index (κ1) is 14.6. The van der Waals surface area contributed by atoms with Crippen LogP contribution in [-0.2, 0) is 22.4 Å². The van der Waals surface area contributed by atoms with E-state index in [0.29, 0.717) is 25.3 Å². The first-order chi connectivity index (χ1) is 9.65. The highest BCUT2D eigenvalue weighted by Gasteiger charge is 2.20. The van der Waals surface area contributed by atoms with Gasteiger partial charge in [-0.05, 0) is 6.92 Å². The van der Waals surface area contributed by atoms with Crippen LogP contribution in [0.3, 0.4) is 0 Å². The molecule has 0 aromatic carbocycles. The summed E-state index contributed by atoms with van der Waals surface area (Å²) in [6.07, 6.45) is 2.35. The molecule has 2 aromatic heterocycles. The Hall–Kier alpha value is -1.80. The summed E-state index contributed by atoms with van der Waals surface area (Å²) in [6, 6.07) is 0. The molecule has 0 amide bonds. The van der Waals surface area contributed by atoms with E-state index >= 15 is 0 Å². The Morgan fingerprint density at radius 1 is 1.45 bits per heavy atom. The van der Waals surface area contributed by atoms with Gasteiger partial charge in [-0.15, -0.1) is 16.4 Å². The zero-order valence-corrected chi connectivity index (χ0v) is 12.4. The predicted molar refractivity (Wildman–Crippen MR) is 72.9 cm³/mol. The highest BCUT2D eigenvalue weighted by molar-refractivity contribution is 7.11. The van der Waals surface area contributed by atoms with Crippen LogP contribution < -0.4 is 0 Å². The lowest BCUT2D eigenvalue weighted by atomic mass is 10.2. The smallest absolute Gasteiger partial charge is 0.360 e. The van der Waals surface area contributed by atoms with Gasteiger partial charge in [-0.25, -0.2) is 14.5 Å². The molecule has 0 N–H and O–H groups in total. The lowest BCUT2D eigenvalue weighted by molar-refractivity contribution is 0.0592. The molecular weight excluding hydrogens is 280 g/mol. The van der Waals surface area contributed by atoms with Gasteiger partial charge in [-0.1, -0.05) is 5.21 Å². The van der Waals surface area contributed by atoms with Gasteiger partial charge in [-0.3, -0.25) is 0 Å². The molecule has 2 aromatic rings. The number of esters is 1. The van der Waals surface area contributed by atoms with Crippen LogP contribution in [-0.4, -0.2) is 46.8 Å². The highest BCUT2D eigenvalue weighted by atomic mass is 32.1. The first-order valence-corrected chi connectivity index (χ1v) is 6.88. The molecule has 0 saturated carbocycles. The van der Waals surface area contributed by atoms with Gasteiger partial charge in [0.05, 0.1) is 31.0 Å². The average molecular weight is 296 g/mol. The van der Waals surface area contributed by atoms with Crippen LogP contribution >= 0.6 is 11.3 Å². The van der Waals surface area contributed by atoms with Gasteiger partial charge < -0.3 is 9.47 Å². The van der Waals surface area contributed by atoms with Gasteiger partial charge in [0.1, 0.15) is 0 Å². The summed E-state index contributed by atoms with van der Waals surface area (Å²) in [5.74, 6) is -0.483. The molecule has 8 heteroatoms. The fourth-order valence-corrected chi connectivity index (χ4v) is 2.56. The van der Waals surface area contributed by atoms with Crippen LogP contribution in [0.1, 0.15) is 26.1 Å². The lowest BCUT2D eigenvalue weighted by Crippen LogP contribution is -2.12. The molecule has 0 unspecified atom stereocenters. The number of methoxy groups -OCH3 is 2. The molecule has 0 atom stereocenters. The molecule has 108 valence electrons. The summed E-state index contributed by atoms with van der Waals surface area (Å²) < 4.78 is 11.5. The van der Waals surface area contributed by atoms with Crippen molar-refractivity contribution in [2.45, 2.75) is 19.9 Å². The number of hydrogen-bond acceptors (Lipinski definition) is 7. The Kier molecular flexibility index (Phi) is 4.80. The van der Waals surface area contributed by atoms with E-state index in [0.717, 1.165) is 9.88 Å². The minimum Gasteiger partial charge on any atom is -0.464 e. The fourth-order valence-electron chi connectivity index (χ4n) is 1.79. The third-order valence-corrected chi connectivity index (χ3v) is 3.63. The second-order valence-electron chi connectivity index (χ2n) is 4.12. The monoisotopic (exact) mass is 296 g/mol. The van der Waals surface area contributed by atoms with Gasteiger partial charge in [0.15, 0.2) is 5.69 Å². The van der Waals surface area contributed by atoms with E-state index in [9.17, 15) is 4.79 Å². The summed E-state index contributed by atoms with van der Waals surface area (Å²) in [5.41, 5.74) is 0.954. The number of hydrogen-bond donors (Lipinski definition) is 0. The molecule has 0 aliphatic carbocycles. The van der Waals surface area contributed by atoms with Crippen LogP contribution in [0.2, 0.25) is 0 Å². The van der Waals surface area contributed by atoms with E-state index < -0.39 is 5.97 Å². The van der Waals surface area contributed by atoms with Crippen LogP contribution in [0, 0.1) is 6.92 Å². The molecule has 0 bridgehead atoms. The summed E-state index contributed by atoms with van der Waals surface area (Å²) in [7, 11) is 2.94. The Balaban J connectivity index is 2.27. The zero-order chi connectivity index (χ0) is 14.5. The summed E-state index contributed by atoms with van der Waals surface area (Å²) in [6.45, 7) is 2.97. The van der Waals surface area contributed by atoms with Gasteiger partial charge in [-0.2, -0.15) is 0 Å². The van der Waals surface area contributed by atoms with Gasteiger partial charge in [0, 0.05) is 24.6 Å². The number of aryl methyl sites for hydroxylation is 1. The van der Waals surface area contributed by atoms with Crippen molar-refractivity contribution in [3.05, 3.63) is 27.5 Å². The van der Waals surface area contributed by atoms with Crippen LogP contribution in [0.15, 0.2) is 6.20 Å². The van der Waals surface area contributed by atoms with Crippen molar-refractivity contribution < 1.29 is 14.3 Å². The van der Waals surface area contributed by atoms with E-state index in [-0.39, 0.29) is 5.69 Å². The third-order valence-electron chi connectivity index (χ3n) is 2.73. The maximum Gasteiger partial charge on any atom is 0.360 e. The Labute approximate surface area is 120 Å². The maximum atomic E-state index is 11.7. The molecular formula is C12H16N4O3S. The molecule has 0 radical (unpaired) electrons. The van der Waals surface area contributed by atoms with Crippen LogP contribution in [0.25, 0.3) is 0 Å². The fraction of sp³-hybridized carbons (Fsp3) is 0.500. The second kappa shape index (κ2) is 6.58. The van der Waals surface area contributed by atoms with Crippen molar-refractivity contribution in [2.24, 2.45) is 0 Å². The van der Waals surface area contributed by atoms with Crippen LogP contribution in [0.4, 0.5) is 0 Å². The van der Waals surface area contributed by atoms with E-state index in [4.69, 9.17) is 9.47 Å². The van der Waals surface area contributed by atoms with Crippen molar-refractivity contribution in [1.82, 2.24) is 20.0 Å². The normalized spacial score (nSPS) is 10.8. The van der Waals surface area contributed by atoms with Crippen molar-refractivity contribution in [1.29, 1.82) is 0 Å². The Morgan fingerprint density at radius 3 is 2.85 bits per heavy atom. The third kappa shape index (κ3) is 3.20. The van der Waals surface area contributed by atoms with E-state index in [1.165, 1.54) is 7.11 Å². The van der Waals surface area contributed by atoms with Crippen molar-refractivity contribution in [3.8, 4) is 0 Å². The number of nitrogens with zero attached hydrogens (tertiary/aromatic N) is 4. The van der Waals surface area contributed by atoms with Crippen molar-refractivity contribution in [3.63, 3.8) is 0 Å². The molecule has 20 heavy (non-hydrogen) atoms. The summed E-state index contributed by atoms with van der Waals surface area (Å²) in [5, 5.41) is 8.93. The number of carbonyl (C=O) groups excluding carboxylic acids is 1. The quantitative estimate of drug-likeness (QED) is 0.742. The van der Waals surface area contributed by atoms with E-state index in [2.05, 4.69) is 15.3 Å². The number of thiazole rings is 1. The van der Waals surface area contributed by atoms with Gasteiger partial charge in [0.2, 0.25) is 0 Å². The maximum absolute atomic E-state index is 11.7. The zero-order valence-electron chi connectivity index (χ0n) is 11.6. The number of rotatable bonds is 6.